The number of amides is 1. The summed E-state index contributed by atoms with van der Waals surface area (Å²) >= 11 is 0. The molecule has 3 heteroatoms. The molecule has 16 heavy (non-hydrogen) atoms. The number of aryl methyl sites for hydroxylation is 1. The van der Waals surface area contributed by atoms with Gasteiger partial charge in [0.05, 0.1) is 0 Å². The second-order valence-electron chi connectivity index (χ2n) is 4.66. The maximum atomic E-state index is 11.6. The molecule has 1 amide bonds. The maximum absolute atomic E-state index is 11.6. The third kappa shape index (κ3) is 2.35. The van der Waals surface area contributed by atoms with Gasteiger partial charge in [0.25, 0.3) is 0 Å². The van der Waals surface area contributed by atoms with E-state index >= 15 is 0 Å². The van der Waals surface area contributed by atoms with E-state index in [-0.39, 0.29) is 11.8 Å². The van der Waals surface area contributed by atoms with Crippen molar-refractivity contribution in [1.82, 2.24) is 0 Å². The van der Waals surface area contributed by atoms with E-state index in [4.69, 9.17) is 0 Å². The molecule has 0 aliphatic heterocycles. The minimum absolute atomic E-state index is 0.161. The van der Waals surface area contributed by atoms with Crippen LogP contribution in [0.3, 0.4) is 0 Å². The third-order valence-electron chi connectivity index (χ3n) is 2.91. The van der Waals surface area contributed by atoms with Crippen LogP contribution in [0.4, 0.5) is 11.4 Å². The van der Waals surface area contributed by atoms with Crippen LogP contribution in [-0.2, 0) is 4.79 Å². The van der Waals surface area contributed by atoms with Gasteiger partial charge in [-0.1, -0.05) is 6.07 Å². The van der Waals surface area contributed by atoms with E-state index in [2.05, 4.69) is 17.1 Å². The second-order valence-corrected chi connectivity index (χ2v) is 4.66. The van der Waals surface area contributed by atoms with Crippen LogP contribution < -0.4 is 10.2 Å². The highest BCUT2D eigenvalue weighted by molar-refractivity contribution is 5.94. The minimum Gasteiger partial charge on any atom is -0.377 e. The van der Waals surface area contributed by atoms with Crippen LogP contribution in [-0.4, -0.2) is 20.0 Å². The number of hydrogen-bond donors (Lipinski definition) is 1. The molecule has 2 rings (SSSR count). The first-order chi connectivity index (χ1) is 7.58. The van der Waals surface area contributed by atoms with Crippen molar-refractivity contribution in [3.05, 3.63) is 23.8 Å². The summed E-state index contributed by atoms with van der Waals surface area (Å²) < 4.78 is 0. The van der Waals surface area contributed by atoms with E-state index in [1.807, 2.05) is 32.3 Å². The number of carbonyl (C=O) groups is 1. The van der Waals surface area contributed by atoms with Gasteiger partial charge in [-0.05, 0) is 37.5 Å². The molecule has 0 atom stereocenters. The van der Waals surface area contributed by atoms with E-state index in [1.165, 1.54) is 5.56 Å². The zero-order valence-electron chi connectivity index (χ0n) is 10.1. The van der Waals surface area contributed by atoms with Crippen molar-refractivity contribution < 1.29 is 4.79 Å². The van der Waals surface area contributed by atoms with Crippen molar-refractivity contribution in [1.29, 1.82) is 0 Å². The zero-order chi connectivity index (χ0) is 11.7. The van der Waals surface area contributed by atoms with E-state index in [0.717, 1.165) is 24.2 Å². The number of benzene rings is 1. The summed E-state index contributed by atoms with van der Waals surface area (Å²) in [7, 11) is 4.02. The molecule has 3 nitrogen and oxygen atoms in total. The van der Waals surface area contributed by atoms with Crippen molar-refractivity contribution in [2.24, 2.45) is 5.92 Å². The van der Waals surface area contributed by atoms with Crippen molar-refractivity contribution in [2.75, 3.05) is 24.3 Å². The van der Waals surface area contributed by atoms with Crippen molar-refractivity contribution in [3.63, 3.8) is 0 Å². The maximum Gasteiger partial charge on any atom is 0.227 e. The Kier molecular flexibility index (Phi) is 2.86. The van der Waals surface area contributed by atoms with Gasteiger partial charge in [0.2, 0.25) is 5.91 Å². The number of anilines is 2. The molecular weight excluding hydrogens is 200 g/mol. The molecule has 1 aromatic rings. The lowest BCUT2D eigenvalue weighted by atomic mass is 10.1. The van der Waals surface area contributed by atoms with Crippen LogP contribution in [0.15, 0.2) is 18.2 Å². The predicted octanol–water partition coefficient (Wildman–Crippen LogP) is 2.41. The normalized spacial score (nSPS) is 14.7. The summed E-state index contributed by atoms with van der Waals surface area (Å²) in [5, 5.41) is 2.96. The highest BCUT2D eigenvalue weighted by atomic mass is 16.2. The zero-order valence-corrected chi connectivity index (χ0v) is 10.1. The number of nitrogens with one attached hydrogen (secondary N) is 1. The molecule has 86 valence electrons. The van der Waals surface area contributed by atoms with Gasteiger partial charge >= 0.3 is 0 Å². The highest BCUT2D eigenvalue weighted by Gasteiger charge is 2.29. The first-order valence-electron chi connectivity index (χ1n) is 5.67. The van der Waals surface area contributed by atoms with E-state index < -0.39 is 0 Å². The van der Waals surface area contributed by atoms with Crippen LogP contribution in [0.1, 0.15) is 18.4 Å². The molecule has 0 spiro atoms. The fraction of sp³-hybridized carbons (Fsp3) is 0.462. The van der Waals surface area contributed by atoms with Crippen LogP contribution in [0.5, 0.6) is 0 Å². The molecule has 1 N–H and O–H groups in total. The molecule has 1 saturated carbocycles. The number of nitrogens with zero attached hydrogens (tertiary/aromatic N) is 1. The fourth-order valence-corrected chi connectivity index (χ4v) is 1.76. The molecule has 0 heterocycles. The summed E-state index contributed by atoms with van der Waals surface area (Å²) in [6, 6.07) is 6.02. The van der Waals surface area contributed by atoms with Crippen LogP contribution in [0.25, 0.3) is 0 Å². The molecule has 0 radical (unpaired) electrons. The lowest BCUT2D eigenvalue weighted by Crippen LogP contribution is -2.15. The topological polar surface area (TPSA) is 32.3 Å². The molecule has 0 unspecified atom stereocenters. The fourth-order valence-electron chi connectivity index (χ4n) is 1.76. The summed E-state index contributed by atoms with van der Waals surface area (Å²) in [5.41, 5.74) is 3.26. The van der Waals surface area contributed by atoms with E-state index in [9.17, 15) is 4.79 Å². The van der Waals surface area contributed by atoms with Gasteiger partial charge in [0.15, 0.2) is 0 Å². The second kappa shape index (κ2) is 4.16. The van der Waals surface area contributed by atoms with Gasteiger partial charge in [0.1, 0.15) is 0 Å². The SMILES string of the molecule is Cc1ccc(NC(=O)C2CC2)cc1N(C)C. The van der Waals surface area contributed by atoms with E-state index in [1.54, 1.807) is 0 Å². The van der Waals surface area contributed by atoms with Crippen molar-refractivity contribution in [2.45, 2.75) is 19.8 Å². The predicted molar refractivity (Wildman–Crippen MR) is 66.9 cm³/mol. The van der Waals surface area contributed by atoms with Crippen LogP contribution in [0, 0.1) is 12.8 Å². The first kappa shape index (κ1) is 11.0. The summed E-state index contributed by atoms with van der Waals surface area (Å²) in [4.78, 5) is 13.7. The first-order valence-corrected chi connectivity index (χ1v) is 5.67. The average Bonchev–Trinajstić information content (AvgIpc) is 3.03. The van der Waals surface area contributed by atoms with Gasteiger partial charge < -0.3 is 10.2 Å². The number of hydrogen-bond acceptors (Lipinski definition) is 2. The van der Waals surface area contributed by atoms with Crippen molar-refractivity contribution in [3.8, 4) is 0 Å². The van der Waals surface area contributed by atoms with Gasteiger partial charge in [-0.3, -0.25) is 4.79 Å². The van der Waals surface area contributed by atoms with E-state index in [0.29, 0.717) is 0 Å². The summed E-state index contributed by atoms with van der Waals surface area (Å²) in [6.07, 6.45) is 2.08. The Morgan fingerprint density at radius 1 is 1.38 bits per heavy atom. The quantitative estimate of drug-likeness (QED) is 0.845. The molecular formula is C13H18N2O. The number of carbonyl (C=O) groups excluding carboxylic acids is 1. The average molecular weight is 218 g/mol. The lowest BCUT2D eigenvalue weighted by molar-refractivity contribution is -0.117. The Bertz CT molecular complexity index is 408. The monoisotopic (exact) mass is 218 g/mol. The lowest BCUT2D eigenvalue weighted by Gasteiger charge is -2.17. The molecule has 1 aliphatic carbocycles. The highest BCUT2D eigenvalue weighted by Crippen LogP contribution is 2.31. The Morgan fingerprint density at radius 3 is 2.62 bits per heavy atom. The Balaban J connectivity index is 2.15. The molecule has 0 saturated heterocycles. The standard InChI is InChI=1S/C13H18N2O/c1-9-4-7-11(8-12(9)15(2)3)14-13(16)10-5-6-10/h4,7-8,10H,5-6H2,1-3H3,(H,14,16). The molecule has 1 fully saturated rings. The summed E-state index contributed by atoms with van der Waals surface area (Å²) in [5.74, 6) is 0.415. The Hall–Kier alpha value is -1.51. The Labute approximate surface area is 96.5 Å². The third-order valence-corrected chi connectivity index (χ3v) is 2.91. The van der Waals surface area contributed by atoms with Crippen LogP contribution >= 0.6 is 0 Å². The van der Waals surface area contributed by atoms with Gasteiger partial charge in [0, 0.05) is 31.4 Å². The summed E-state index contributed by atoms with van der Waals surface area (Å²) in [6.45, 7) is 2.07. The van der Waals surface area contributed by atoms with Gasteiger partial charge in [-0.15, -0.1) is 0 Å². The molecule has 0 bridgehead atoms. The molecule has 1 aliphatic rings. The smallest absolute Gasteiger partial charge is 0.227 e. The molecule has 1 aromatic carbocycles. The largest absolute Gasteiger partial charge is 0.377 e. The van der Waals surface area contributed by atoms with Gasteiger partial charge in [-0.25, -0.2) is 0 Å². The molecule has 0 aromatic heterocycles. The van der Waals surface area contributed by atoms with Crippen molar-refractivity contribution >= 4 is 17.3 Å². The number of rotatable bonds is 3. The van der Waals surface area contributed by atoms with Crippen LogP contribution in [0.2, 0.25) is 0 Å². The van der Waals surface area contributed by atoms with Gasteiger partial charge in [-0.2, -0.15) is 0 Å². The minimum atomic E-state index is 0.161. The Morgan fingerprint density at radius 2 is 2.06 bits per heavy atom.